The summed E-state index contributed by atoms with van der Waals surface area (Å²) in [6, 6.07) is 0. The van der Waals surface area contributed by atoms with Gasteiger partial charge in [-0.25, -0.2) is 14.8 Å². The van der Waals surface area contributed by atoms with Gasteiger partial charge in [-0.15, -0.1) is 0 Å². The third-order valence-electron chi connectivity index (χ3n) is 1.40. The number of hydroxylamine groups is 2. The van der Waals surface area contributed by atoms with E-state index in [9.17, 15) is 4.79 Å². The van der Waals surface area contributed by atoms with E-state index < -0.39 is 5.97 Å². The van der Waals surface area contributed by atoms with Crippen LogP contribution in [0, 0.1) is 0 Å². The largest absolute Gasteiger partial charge is 0.478 e. The van der Waals surface area contributed by atoms with Gasteiger partial charge in [0.15, 0.2) is 0 Å². The predicted molar refractivity (Wildman–Crippen MR) is 42.2 cm³/mol. The number of rotatable bonds is 3. The summed E-state index contributed by atoms with van der Waals surface area (Å²) < 4.78 is 0. The van der Waals surface area contributed by atoms with E-state index in [2.05, 4.69) is 9.97 Å². The van der Waals surface area contributed by atoms with Gasteiger partial charge in [-0.05, 0) is 0 Å². The minimum Gasteiger partial charge on any atom is -0.478 e. The van der Waals surface area contributed by atoms with Crippen molar-refractivity contribution in [1.29, 1.82) is 0 Å². The molecule has 0 aliphatic heterocycles. The first-order chi connectivity index (χ1) is 6.11. The lowest BCUT2D eigenvalue weighted by Gasteiger charge is -2.08. The Morgan fingerprint density at radius 3 is 2.92 bits per heavy atom. The molecule has 0 aromatic carbocycles. The van der Waals surface area contributed by atoms with E-state index in [0.29, 0.717) is 0 Å². The van der Waals surface area contributed by atoms with Gasteiger partial charge >= 0.3 is 5.97 Å². The Morgan fingerprint density at radius 2 is 2.38 bits per heavy atom. The minimum atomic E-state index is -1.10. The molecule has 1 rings (SSSR count). The number of aromatic carboxylic acids is 1. The van der Waals surface area contributed by atoms with E-state index in [1.165, 1.54) is 19.6 Å². The molecule has 0 saturated heterocycles. The molecule has 0 unspecified atom stereocenters. The van der Waals surface area contributed by atoms with Crippen LogP contribution in [0.1, 0.15) is 16.1 Å². The summed E-state index contributed by atoms with van der Waals surface area (Å²) in [5.74, 6) is -1.10. The van der Waals surface area contributed by atoms with Crippen molar-refractivity contribution in [3.63, 3.8) is 0 Å². The maximum Gasteiger partial charge on any atom is 0.339 e. The van der Waals surface area contributed by atoms with Gasteiger partial charge in [0.2, 0.25) is 0 Å². The van der Waals surface area contributed by atoms with Crippen LogP contribution in [0.15, 0.2) is 12.5 Å². The van der Waals surface area contributed by atoms with Crippen molar-refractivity contribution in [1.82, 2.24) is 15.0 Å². The molecule has 0 amide bonds. The summed E-state index contributed by atoms with van der Waals surface area (Å²) in [4.78, 5) is 18.0. The van der Waals surface area contributed by atoms with Crippen LogP contribution in [0.25, 0.3) is 0 Å². The van der Waals surface area contributed by atoms with Crippen molar-refractivity contribution in [2.24, 2.45) is 0 Å². The van der Waals surface area contributed by atoms with Gasteiger partial charge in [0.1, 0.15) is 11.9 Å². The van der Waals surface area contributed by atoms with Gasteiger partial charge < -0.3 is 10.3 Å². The van der Waals surface area contributed by atoms with Crippen LogP contribution in [-0.4, -0.2) is 38.4 Å². The van der Waals surface area contributed by atoms with Crippen LogP contribution >= 0.6 is 0 Å². The monoisotopic (exact) mass is 183 g/mol. The summed E-state index contributed by atoms with van der Waals surface area (Å²) in [5, 5.41) is 18.4. The number of nitrogens with zero attached hydrogens (tertiary/aromatic N) is 3. The molecule has 0 aliphatic carbocycles. The highest BCUT2D eigenvalue weighted by Crippen LogP contribution is 2.04. The zero-order valence-electron chi connectivity index (χ0n) is 7.01. The Kier molecular flexibility index (Phi) is 2.88. The zero-order chi connectivity index (χ0) is 9.84. The average molecular weight is 183 g/mol. The van der Waals surface area contributed by atoms with E-state index in [1.54, 1.807) is 0 Å². The SMILES string of the molecule is CN(O)Cc1ncncc1C(=O)O. The molecule has 0 radical (unpaired) electrons. The van der Waals surface area contributed by atoms with E-state index in [1.807, 2.05) is 0 Å². The molecule has 0 spiro atoms. The van der Waals surface area contributed by atoms with Crippen LogP contribution in [0.2, 0.25) is 0 Å². The van der Waals surface area contributed by atoms with Crippen LogP contribution in [-0.2, 0) is 6.54 Å². The number of carbonyl (C=O) groups is 1. The van der Waals surface area contributed by atoms with Gasteiger partial charge in [-0.3, -0.25) is 0 Å². The van der Waals surface area contributed by atoms with E-state index in [4.69, 9.17) is 10.3 Å². The number of aromatic nitrogens is 2. The maximum atomic E-state index is 10.6. The number of carboxylic acids is 1. The van der Waals surface area contributed by atoms with Crippen LogP contribution in [0.3, 0.4) is 0 Å². The Labute approximate surface area is 74.4 Å². The zero-order valence-corrected chi connectivity index (χ0v) is 7.01. The summed E-state index contributed by atoms with van der Waals surface area (Å²) in [6.07, 6.45) is 2.44. The van der Waals surface area contributed by atoms with Crippen molar-refractivity contribution in [3.05, 3.63) is 23.8 Å². The Bertz CT molecular complexity index is 314. The van der Waals surface area contributed by atoms with Gasteiger partial charge in [-0.2, -0.15) is 5.06 Å². The van der Waals surface area contributed by atoms with Crippen molar-refractivity contribution in [2.45, 2.75) is 6.54 Å². The highest BCUT2D eigenvalue weighted by Gasteiger charge is 2.11. The second-order valence-corrected chi connectivity index (χ2v) is 2.50. The third-order valence-corrected chi connectivity index (χ3v) is 1.40. The fourth-order valence-corrected chi connectivity index (χ4v) is 0.876. The standard InChI is InChI=1S/C7H9N3O3/c1-10(13)3-6-5(7(11)12)2-8-4-9-6/h2,4,13H,3H2,1H3,(H,11,12). The van der Waals surface area contributed by atoms with Gasteiger partial charge in [0, 0.05) is 13.2 Å². The lowest BCUT2D eigenvalue weighted by molar-refractivity contribution is -0.0742. The van der Waals surface area contributed by atoms with Crippen LogP contribution in [0.5, 0.6) is 0 Å². The number of hydrogen-bond acceptors (Lipinski definition) is 5. The summed E-state index contributed by atoms with van der Waals surface area (Å²) in [5.41, 5.74) is 0.288. The molecular weight excluding hydrogens is 174 g/mol. The molecule has 2 N–H and O–H groups in total. The summed E-state index contributed by atoms with van der Waals surface area (Å²) in [7, 11) is 1.41. The van der Waals surface area contributed by atoms with Gasteiger partial charge in [0.05, 0.1) is 12.2 Å². The highest BCUT2D eigenvalue weighted by molar-refractivity contribution is 5.88. The molecule has 0 atom stereocenters. The van der Waals surface area contributed by atoms with Crippen LogP contribution in [0.4, 0.5) is 0 Å². The number of hydrogen-bond donors (Lipinski definition) is 2. The predicted octanol–water partition coefficient (Wildman–Crippen LogP) is -0.00420. The van der Waals surface area contributed by atoms with E-state index >= 15 is 0 Å². The molecule has 1 aromatic rings. The molecule has 6 heteroatoms. The highest BCUT2D eigenvalue weighted by atomic mass is 16.5. The molecule has 6 nitrogen and oxygen atoms in total. The van der Waals surface area contributed by atoms with Crippen molar-refractivity contribution >= 4 is 5.97 Å². The lowest BCUT2D eigenvalue weighted by Crippen LogP contribution is -2.16. The second kappa shape index (κ2) is 3.92. The molecular formula is C7H9N3O3. The van der Waals surface area contributed by atoms with Crippen molar-refractivity contribution in [3.8, 4) is 0 Å². The quantitative estimate of drug-likeness (QED) is 0.641. The average Bonchev–Trinajstić information content (AvgIpc) is 2.03. The molecule has 1 aromatic heterocycles. The fourth-order valence-electron chi connectivity index (χ4n) is 0.876. The number of carboxylic acid groups (broad SMARTS) is 1. The van der Waals surface area contributed by atoms with Crippen LogP contribution < -0.4 is 0 Å². The van der Waals surface area contributed by atoms with Crippen molar-refractivity contribution < 1.29 is 15.1 Å². The topological polar surface area (TPSA) is 86.5 Å². The molecule has 70 valence electrons. The molecule has 0 fully saturated rings. The molecule has 0 aliphatic rings. The Morgan fingerprint density at radius 1 is 1.69 bits per heavy atom. The summed E-state index contributed by atoms with van der Waals surface area (Å²) in [6.45, 7) is 0.0597. The normalized spacial score (nSPS) is 10.4. The maximum absolute atomic E-state index is 10.6. The first-order valence-electron chi connectivity index (χ1n) is 3.53. The Hall–Kier alpha value is -1.53. The molecule has 0 bridgehead atoms. The third kappa shape index (κ3) is 2.46. The Balaban J connectivity index is 2.98. The molecule has 1 heterocycles. The fraction of sp³-hybridized carbons (Fsp3) is 0.286. The van der Waals surface area contributed by atoms with Gasteiger partial charge in [0.25, 0.3) is 0 Å². The minimum absolute atomic E-state index is 0.00315. The van der Waals surface area contributed by atoms with E-state index in [0.717, 1.165) is 5.06 Å². The lowest BCUT2D eigenvalue weighted by atomic mass is 10.2. The summed E-state index contributed by atoms with van der Waals surface area (Å²) >= 11 is 0. The molecule has 0 saturated carbocycles. The smallest absolute Gasteiger partial charge is 0.339 e. The van der Waals surface area contributed by atoms with Gasteiger partial charge in [-0.1, -0.05) is 0 Å². The second-order valence-electron chi connectivity index (χ2n) is 2.50. The molecule has 13 heavy (non-hydrogen) atoms. The first kappa shape index (κ1) is 9.56. The first-order valence-corrected chi connectivity index (χ1v) is 3.53. The van der Waals surface area contributed by atoms with Crippen molar-refractivity contribution in [2.75, 3.05) is 7.05 Å². The van der Waals surface area contributed by atoms with E-state index in [-0.39, 0.29) is 17.8 Å².